The summed E-state index contributed by atoms with van der Waals surface area (Å²) in [5, 5.41) is 0.663. The predicted octanol–water partition coefficient (Wildman–Crippen LogP) is 2.82. The lowest BCUT2D eigenvalue weighted by molar-refractivity contribution is 0.127. The van der Waals surface area contributed by atoms with Gasteiger partial charge in [-0.1, -0.05) is 18.2 Å². The van der Waals surface area contributed by atoms with Gasteiger partial charge in [-0.2, -0.15) is 11.8 Å². The minimum absolute atomic E-state index is 0.406. The van der Waals surface area contributed by atoms with E-state index in [1.807, 2.05) is 36.0 Å². The van der Waals surface area contributed by atoms with Gasteiger partial charge in [0.1, 0.15) is 5.75 Å². The second-order valence-corrected chi connectivity index (χ2v) is 6.13. The Morgan fingerprint density at radius 1 is 1.42 bits per heavy atom. The van der Waals surface area contributed by atoms with Gasteiger partial charge in [-0.05, 0) is 31.6 Å². The zero-order valence-corrected chi connectivity index (χ0v) is 12.3. The lowest BCUT2D eigenvalue weighted by atomic mass is 10.2. The zero-order chi connectivity index (χ0) is 13.5. The van der Waals surface area contributed by atoms with Crippen molar-refractivity contribution in [1.82, 2.24) is 0 Å². The van der Waals surface area contributed by atoms with E-state index >= 15 is 0 Å². The molecule has 1 aliphatic rings. The Balaban J connectivity index is 1.64. The lowest BCUT2D eigenvalue weighted by Crippen LogP contribution is -2.14. The first-order chi connectivity index (χ1) is 9.31. The van der Waals surface area contributed by atoms with Crippen LogP contribution in [0.2, 0.25) is 0 Å². The van der Waals surface area contributed by atoms with Crippen molar-refractivity contribution >= 4 is 11.8 Å². The van der Waals surface area contributed by atoms with E-state index in [1.165, 1.54) is 6.42 Å². The molecule has 3 nitrogen and oxygen atoms in total. The van der Waals surface area contributed by atoms with Crippen LogP contribution in [0.15, 0.2) is 24.3 Å². The van der Waals surface area contributed by atoms with Crippen molar-refractivity contribution in [1.29, 1.82) is 0 Å². The maximum Gasteiger partial charge on any atom is 0.123 e. The topological polar surface area (TPSA) is 44.5 Å². The summed E-state index contributed by atoms with van der Waals surface area (Å²) in [6.07, 6.45) is 2.65. The monoisotopic (exact) mass is 281 g/mol. The third kappa shape index (κ3) is 4.41. The zero-order valence-electron chi connectivity index (χ0n) is 11.5. The first-order valence-corrected chi connectivity index (χ1v) is 8.00. The highest BCUT2D eigenvalue weighted by Gasteiger charge is 2.23. The van der Waals surface area contributed by atoms with Crippen molar-refractivity contribution in [3.05, 3.63) is 29.8 Å². The molecule has 1 heterocycles. The highest BCUT2D eigenvalue weighted by Crippen LogP contribution is 2.26. The normalized spacial score (nSPS) is 22.6. The standard InChI is InChI=1S/C15H23NO2S/c1-12-15(7-9-17-12)19-10-4-8-18-14-6-3-2-5-13(14)11-16/h2-3,5-6,12,15H,4,7-11,16H2,1H3. The maximum absolute atomic E-state index is 5.79. The second kappa shape index (κ2) is 7.78. The van der Waals surface area contributed by atoms with Crippen molar-refractivity contribution in [2.75, 3.05) is 19.0 Å². The van der Waals surface area contributed by atoms with Gasteiger partial charge in [0.2, 0.25) is 0 Å². The van der Waals surface area contributed by atoms with Crippen LogP contribution in [0.1, 0.15) is 25.3 Å². The van der Waals surface area contributed by atoms with E-state index in [4.69, 9.17) is 15.2 Å². The molecule has 0 aromatic heterocycles. The fourth-order valence-corrected chi connectivity index (χ4v) is 3.42. The van der Waals surface area contributed by atoms with Gasteiger partial charge in [-0.3, -0.25) is 0 Å². The SMILES string of the molecule is CC1OCCC1SCCCOc1ccccc1CN. The molecule has 0 spiro atoms. The van der Waals surface area contributed by atoms with Crippen LogP contribution in [0.4, 0.5) is 0 Å². The van der Waals surface area contributed by atoms with Crippen LogP contribution in [-0.4, -0.2) is 30.3 Å². The second-order valence-electron chi connectivity index (χ2n) is 4.79. The Morgan fingerprint density at radius 2 is 2.26 bits per heavy atom. The minimum Gasteiger partial charge on any atom is -0.493 e. The Morgan fingerprint density at radius 3 is 3.00 bits per heavy atom. The van der Waals surface area contributed by atoms with E-state index in [-0.39, 0.29) is 0 Å². The smallest absolute Gasteiger partial charge is 0.123 e. The fourth-order valence-electron chi connectivity index (χ4n) is 2.22. The summed E-state index contributed by atoms with van der Waals surface area (Å²) >= 11 is 2.01. The molecule has 0 radical (unpaired) electrons. The molecule has 1 fully saturated rings. The molecule has 0 aliphatic carbocycles. The number of rotatable bonds is 7. The van der Waals surface area contributed by atoms with Crippen molar-refractivity contribution in [3.8, 4) is 5.75 Å². The minimum atomic E-state index is 0.406. The summed E-state index contributed by atoms with van der Waals surface area (Å²) in [7, 11) is 0. The van der Waals surface area contributed by atoms with Crippen molar-refractivity contribution < 1.29 is 9.47 Å². The van der Waals surface area contributed by atoms with Gasteiger partial charge in [0.15, 0.2) is 0 Å². The van der Waals surface area contributed by atoms with E-state index in [0.717, 1.165) is 36.7 Å². The molecule has 2 rings (SSSR count). The Kier molecular flexibility index (Phi) is 6.01. The molecule has 2 unspecified atom stereocenters. The van der Waals surface area contributed by atoms with Crippen molar-refractivity contribution in [3.63, 3.8) is 0 Å². The van der Waals surface area contributed by atoms with Gasteiger partial charge in [-0.25, -0.2) is 0 Å². The molecule has 1 saturated heterocycles. The van der Waals surface area contributed by atoms with Crippen LogP contribution in [0.3, 0.4) is 0 Å². The first kappa shape index (κ1) is 14.7. The number of ether oxygens (including phenoxy) is 2. The van der Waals surface area contributed by atoms with Gasteiger partial charge < -0.3 is 15.2 Å². The number of thioether (sulfide) groups is 1. The Hall–Kier alpha value is -0.710. The lowest BCUT2D eigenvalue weighted by Gasteiger charge is -2.14. The van der Waals surface area contributed by atoms with Crippen LogP contribution in [0.5, 0.6) is 5.75 Å². The third-order valence-corrected chi connectivity index (χ3v) is 4.95. The van der Waals surface area contributed by atoms with Gasteiger partial charge in [-0.15, -0.1) is 0 Å². The van der Waals surface area contributed by atoms with E-state index in [2.05, 4.69) is 6.92 Å². The Labute approximate surface area is 119 Å². The summed E-state index contributed by atoms with van der Waals surface area (Å²) in [5.41, 5.74) is 6.76. The Bertz CT molecular complexity index is 386. The van der Waals surface area contributed by atoms with Gasteiger partial charge in [0, 0.05) is 24.0 Å². The largest absolute Gasteiger partial charge is 0.493 e. The summed E-state index contributed by atoms with van der Waals surface area (Å²) in [6, 6.07) is 7.98. The molecule has 19 heavy (non-hydrogen) atoms. The summed E-state index contributed by atoms with van der Waals surface area (Å²) in [5.74, 6) is 2.05. The van der Waals surface area contributed by atoms with Gasteiger partial charge in [0.05, 0.1) is 12.7 Å². The van der Waals surface area contributed by atoms with Crippen LogP contribution in [0.25, 0.3) is 0 Å². The van der Waals surface area contributed by atoms with Gasteiger partial charge >= 0.3 is 0 Å². The van der Waals surface area contributed by atoms with Crippen LogP contribution in [-0.2, 0) is 11.3 Å². The number of para-hydroxylation sites is 1. The highest BCUT2D eigenvalue weighted by molar-refractivity contribution is 7.99. The number of nitrogens with two attached hydrogens (primary N) is 1. The number of benzene rings is 1. The molecule has 0 bridgehead atoms. The highest BCUT2D eigenvalue weighted by atomic mass is 32.2. The quantitative estimate of drug-likeness (QED) is 0.781. The van der Waals surface area contributed by atoms with E-state index in [1.54, 1.807) is 0 Å². The molecule has 0 saturated carbocycles. The average Bonchev–Trinajstić information content (AvgIpc) is 2.84. The summed E-state index contributed by atoms with van der Waals surface area (Å²) in [4.78, 5) is 0. The molecule has 1 aliphatic heterocycles. The molecule has 2 N–H and O–H groups in total. The van der Waals surface area contributed by atoms with E-state index in [0.29, 0.717) is 17.9 Å². The maximum atomic E-state index is 5.79. The average molecular weight is 281 g/mol. The molecule has 1 aromatic rings. The van der Waals surface area contributed by atoms with E-state index < -0.39 is 0 Å². The molecule has 2 atom stereocenters. The van der Waals surface area contributed by atoms with Crippen LogP contribution < -0.4 is 10.5 Å². The third-order valence-electron chi connectivity index (χ3n) is 3.38. The van der Waals surface area contributed by atoms with Gasteiger partial charge in [0.25, 0.3) is 0 Å². The van der Waals surface area contributed by atoms with Crippen LogP contribution >= 0.6 is 11.8 Å². The number of hydrogen-bond acceptors (Lipinski definition) is 4. The molecule has 106 valence electrons. The fraction of sp³-hybridized carbons (Fsp3) is 0.600. The van der Waals surface area contributed by atoms with E-state index in [9.17, 15) is 0 Å². The van der Waals surface area contributed by atoms with Crippen LogP contribution in [0, 0.1) is 0 Å². The summed E-state index contributed by atoms with van der Waals surface area (Å²) in [6.45, 7) is 4.37. The molecular weight excluding hydrogens is 258 g/mol. The molecular formula is C15H23NO2S. The first-order valence-electron chi connectivity index (χ1n) is 6.95. The molecule has 0 amide bonds. The molecule has 1 aromatic carbocycles. The van der Waals surface area contributed by atoms with Crippen molar-refractivity contribution in [2.45, 2.75) is 37.7 Å². The number of hydrogen-bond donors (Lipinski definition) is 1. The predicted molar refractivity (Wildman–Crippen MR) is 80.7 cm³/mol. The summed E-state index contributed by atoms with van der Waals surface area (Å²) < 4.78 is 11.4. The van der Waals surface area contributed by atoms with Crippen molar-refractivity contribution in [2.24, 2.45) is 5.73 Å². The molecule has 4 heteroatoms.